The molecule has 0 aliphatic carbocycles. The van der Waals surface area contributed by atoms with E-state index in [1.807, 2.05) is 0 Å². The zero-order chi connectivity index (χ0) is 9.40. The number of nitrogens with one attached hydrogen (secondary N) is 2. The van der Waals surface area contributed by atoms with Crippen LogP contribution in [0.5, 0.6) is 0 Å². The van der Waals surface area contributed by atoms with Crippen LogP contribution in [0, 0.1) is 13.8 Å². The maximum absolute atomic E-state index is 10.3. The average Bonchev–Trinajstić information content (AvgIpc) is 1.95. The summed E-state index contributed by atoms with van der Waals surface area (Å²) < 4.78 is 0. The molecule has 0 aromatic rings. The molecule has 2 N–H and O–H groups in total. The Labute approximate surface area is 113 Å². The van der Waals surface area contributed by atoms with Crippen molar-refractivity contribution in [2.75, 3.05) is 19.6 Å². The topological polar surface area (TPSA) is 58.2 Å². The fourth-order valence-electron chi connectivity index (χ4n) is 0.669. The van der Waals surface area contributed by atoms with Gasteiger partial charge < -0.3 is 34.1 Å². The largest absolute Gasteiger partial charge is 0.381 e. The zero-order valence-electron chi connectivity index (χ0n) is 7.88. The van der Waals surface area contributed by atoms with E-state index in [9.17, 15) is 9.59 Å². The van der Waals surface area contributed by atoms with E-state index in [1.54, 1.807) is 0 Å². The second kappa shape index (κ2) is 13.2. The molecule has 0 radical (unpaired) electrons. The maximum Gasteiger partial charge on any atom is 0.0797 e. The van der Waals surface area contributed by atoms with Gasteiger partial charge in [-0.1, -0.05) is 0 Å². The van der Waals surface area contributed by atoms with Crippen molar-refractivity contribution in [2.24, 2.45) is 0 Å². The number of hydrogen-bond donors (Lipinski definition) is 2. The van der Waals surface area contributed by atoms with Crippen molar-refractivity contribution in [1.29, 1.82) is 0 Å². The van der Waals surface area contributed by atoms with Gasteiger partial charge in [0.1, 0.15) is 0 Å². The Morgan fingerprint density at radius 2 is 1.64 bits per heavy atom. The van der Waals surface area contributed by atoms with Crippen LogP contribution in [0.15, 0.2) is 0 Å². The molecule has 6 heteroatoms. The summed E-state index contributed by atoms with van der Waals surface area (Å²) in [6, 6.07) is 0. The SMILES string of the molecule is [CH2-]C(=O)CNCCCNC([CH2-])=O.[W].[W]. The summed E-state index contributed by atoms with van der Waals surface area (Å²) in [6.45, 7) is 7.92. The predicted molar refractivity (Wildman–Crippen MR) is 46.2 cm³/mol. The molecule has 0 aromatic carbocycles. The molecule has 0 saturated heterocycles. The summed E-state index contributed by atoms with van der Waals surface area (Å²) >= 11 is 0. The maximum atomic E-state index is 10.3. The van der Waals surface area contributed by atoms with Crippen molar-refractivity contribution < 1.29 is 51.7 Å². The number of carbonyl (C=O) groups is 2. The van der Waals surface area contributed by atoms with Crippen LogP contribution in [0.25, 0.3) is 0 Å². The molecular weight excluding hydrogens is 524 g/mol. The first kappa shape index (κ1) is 19.7. The molecule has 0 atom stereocenters. The van der Waals surface area contributed by atoms with Crippen molar-refractivity contribution in [3.8, 4) is 0 Å². The third kappa shape index (κ3) is 18.1. The van der Waals surface area contributed by atoms with Gasteiger partial charge in [-0.15, -0.1) is 0 Å². The number of rotatable bonds is 6. The monoisotopic (exact) mass is 538 g/mol. The molecule has 0 fully saturated rings. The van der Waals surface area contributed by atoms with Crippen LogP contribution in [0.1, 0.15) is 6.42 Å². The van der Waals surface area contributed by atoms with Gasteiger partial charge in [-0.2, -0.15) is 0 Å². The van der Waals surface area contributed by atoms with Crippen LogP contribution in [0.4, 0.5) is 0 Å². The van der Waals surface area contributed by atoms with Crippen molar-refractivity contribution in [3.05, 3.63) is 13.8 Å². The fourth-order valence-corrected chi connectivity index (χ4v) is 0.669. The summed E-state index contributed by atoms with van der Waals surface area (Å²) in [4.78, 5) is 20.6. The first-order chi connectivity index (χ1) is 5.63. The Kier molecular flexibility index (Phi) is 18.6. The molecule has 0 rings (SSSR count). The second-order valence-corrected chi connectivity index (χ2v) is 2.42. The quantitative estimate of drug-likeness (QED) is 0.349. The van der Waals surface area contributed by atoms with E-state index in [4.69, 9.17) is 0 Å². The van der Waals surface area contributed by atoms with Crippen LogP contribution in [-0.4, -0.2) is 31.3 Å². The minimum Gasteiger partial charge on any atom is -0.381 e. The van der Waals surface area contributed by atoms with E-state index in [-0.39, 0.29) is 53.8 Å². The van der Waals surface area contributed by atoms with Crippen LogP contribution < -0.4 is 10.6 Å². The molecule has 4 nitrogen and oxygen atoms in total. The molecule has 0 spiro atoms. The van der Waals surface area contributed by atoms with E-state index < -0.39 is 0 Å². The van der Waals surface area contributed by atoms with E-state index in [0.717, 1.165) is 6.42 Å². The van der Waals surface area contributed by atoms with Crippen molar-refractivity contribution >= 4 is 11.7 Å². The van der Waals surface area contributed by atoms with Crippen molar-refractivity contribution in [1.82, 2.24) is 10.6 Å². The van der Waals surface area contributed by atoms with Gasteiger partial charge in [-0.05, 0) is 13.0 Å². The third-order valence-electron chi connectivity index (χ3n) is 1.17. The molecular formula is C8H14N2O2W2-2. The van der Waals surface area contributed by atoms with Gasteiger partial charge in [0.05, 0.1) is 5.91 Å². The Hall–Kier alpha value is 0.217. The molecule has 0 heterocycles. The van der Waals surface area contributed by atoms with E-state index in [2.05, 4.69) is 24.5 Å². The van der Waals surface area contributed by atoms with E-state index in [1.165, 1.54) is 0 Å². The first-order valence-corrected chi connectivity index (χ1v) is 3.78. The van der Waals surface area contributed by atoms with Gasteiger partial charge in [0, 0.05) is 61.0 Å². The summed E-state index contributed by atoms with van der Waals surface area (Å²) in [5, 5.41) is 5.42. The van der Waals surface area contributed by atoms with E-state index >= 15 is 0 Å². The fraction of sp³-hybridized carbons (Fsp3) is 0.500. The standard InChI is InChI=1S/C8H14N2O2.2W/c1-7(11)6-9-4-3-5-10-8(2)12;;/h9H,1-6H2,(H,10,12);;/q-2;;. The third-order valence-corrected chi connectivity index (χ3v) is 1.17. The second-order valence-electron chi connectivity index (χ2n) is 2.42. The van der Waals surface area contributed by atoms with Gasteiger partial charge in [-0.3, -0.25) is 0 Å². The number of carbonyl (C=O) groups excluding carboxylic acids is 2. The molecule has 14 heavy (non-hydrogen) atoms. The summed E-state index contributed by atoms with van der Waals surface area (Å²) in [6.07, 6.45) is 0.786. The van der Waals surface area contributed by atoms with Gasteiger partial charge in [0.25, 0.3) is 0 Å². The van der Waals surface area contributed by atoms with Crippen LogP contribution >= 0.6 is 0 Å². The van der Waals surface area contributed by atoms with Gasteiger partial charge in [0.15, 0.2) is 0 Å². The molecule has 0 saturated carbocycles. The zero-order valence-corrected chi connectivity index (χ0v) is 13.7. The number of Topliss-reactive ketones (excluding diaryl/α,β-unsaturated/α-hetero) is 1. The summed E-state index contributed by atoms with van der Waals surface area (Å²) in [5.74, 6) is -0.403. The molecule has 0 aliphatic heterocycles. The molecule has 0 bridgehead atoms. The van der Waals surface area contributed by atoms with Crippen LogP contribution in [0.3, 0.4) is 0 Å². The van der Waals surface area contributed by atoms with E-state index in [0.29, 0.717) is 19.6 Å². The minimum absolute atomic E-state index is 0. The summed E-state index contributed by atoms with van der Waals surface area (Å²) in [7, 11) is 0. The Bertz CT molecular complexity index is 147. The molecule has 0 unspecified atom stereocenters. The van der Waals surface area contributed by atoms with Gasteiger partial charge in [-0.25, -0.2) is 0 Å². The van der Waals surface area contributed by atoms with Gasteiger partial charge >= 0.3 is 0 Å². The van der Waals surface area contributed by atoms with Crippen molar-refractivity contribution in [3.63, 3.8) is 0 Å². The Balaban J connectivity index is -0.000000605. The predicted octanol–water partition coefficient (Wildman–Crippen LogP) is -0.685. The minimum atomic E-state index is -0.275. The Morgan fingerprint density at radius 1 is 1.07 bits per heavy atom. The first-order valence-electron chi connectivity index (χ1n) is 3.78. The smallest absolute Gasteiger partial charge is 0.0797 e. The number of ketones is 1. The van der Waals surface area contributed by atoms with Gasteiger partial charge in [0.2, 0.25) is 0 Å². The van der Waals surface area contributed by atoms with Crippen LogP contribution in [-0.2, 0) is 51.7 Å². The van der Waals surface area contributed by atoms with Crippen LogP contribution in [0.2, 0.25) is 0 Å². The molecule has 1 amide bonds. The van der Waals surface area contributed by atoms with Crippen molar-refractivity contribution in [2.45, 2.75) is 6.42 Å². The normalized spacial score (nSPS) is 8.00. The Morgan fingerprint density at radius 3 is 2.07 bits per heavy atom. The molecule has 0 aliphatic rings. The number of hydrogen-bond acceptors (Lipinski definition) is 3. The summed E-state index contributed by atoms with van der Waals surface area (Å²) in [5.41, 5.74) is 0. The average molecular weight is 538 g/mol. The molecule has 0 aromatic heterocycles. The number of amides is 1. The molecule has 82 valence electrons.